The zero-order valence-corrected chi connectivity index (χ0v) is 34.0. The van der Waals surface area contributed by atoms with E-state index in [-0.39, 0.29) is 24.2 Å². The third-order valence-electron chi connectivity index (χ3n) is 11.1. The van der Waals surface area contributed by atoms with Gasteiger partial charge in [0.2, 0.25) is 5.60 Å². The van der Waals surface area contributed by atoms with E-state index in [1.807, 2.05) is 6.07 Å². The first-order chi connectivity index (χ1) is 26.7. The summed E-state index contributed by atoms with van der Waals surface area (Å²) in [5.74, 6) is 0.630. The Balaban J connectivity index is 1.14. The molecule has 1 saturated carbocycles. The Hall–Kier alpha value is -2.18. The number of ether oxygens (including phenoxy) is 3. The minimum Gasteiger partial charge on any atom is -0.387 e. The number of fused-ring (bicyclic) bond motifs is 1. The minimum atomic E-state index is -4.62. The van der Waals surface area contributed by atoms with Crippen LogP contribution in [-0.4, -0.2) is 87.2 Å². The molecule has 4 rings (SSSR count). The van der Waals surface area contributed by atoms with E-state index in [9.17, 15) is 24.9 Å². The number of anilines is 1. The molecule has 15 heteroatoms. The molecular weight excluding hydrogens is 725 g/mol. The molecule has 2 aromatic rings. The molecule has 312 valence electrons. The van der Waals surface area contributed by atoms with E-state index in [1.165, 1.54) is 107 Å². The number of hydrogen-bond acceptors (Lipinski definition) is 12. The maximum Gasteiger partial charge on any atom is 0.472 e. The molecule has 0 spiro atoms. The number of phosphoric acid groups is 1. The van der Waals surface area contributed by atoms with Crippen molar-refractivity contribution in [1.82, 2.24) is 14.6 Å². The number of hydrogen-bond donors (Lipinski definition) is 4. The van der Waals surface area contributed by atoms with Gasteiger partial charge in [-0.15, -0.1) is 0 Å². The molecule has 2 aromatic heterocycles. The number of unbranched alkanes of at least 4 members (excludes halogenated alkanes) is 13. The molecule has 1 aliphatic heterocycles. The van der Waals surface area contributed by atoms with E-state index >= 15 is 0 Å². The van der Waals surface area contributed by atoms with Gasteiger partial charge < -0.3 is 35.1 Å². The van der Waals surface area contributed by atoms with Crippen molar-refractivity contribution in [2.45, 2.75) is 172 Å². The van der Waals surface area contributed by atoms with Gasteiger partial charge in [-0.3, -0.25) is 9.05 Å². The van der Waals surface area contributed by atoms with Gasteiger partial charge in [0, 0.05) is 19.8 Å². The number of rotatable bonds is 29. The van der Waals surface area contributed by atoms with Crippen molar-refractivity contribution in [3.8, 4) is 6.07 Å². The topological polar surface area (TPSA) is 204 Å². The average Bonchev–Trinajstić information content (AvgIpc) is 3.74. The predicted molar refractivity (Wildman–Crippen MR) is 210 cm³/mol. The van der Waals surface area contributed by atoms with Crippen molar-refractivity contribution < 1.29 is 42.9 Å². The lowest BCUT2D eigenvalue weighted by atomic mass is 9.90. The smallest absolute Gasteiger partial charge is 0.387 e. The average molecular weight is 794 g/mol. The summed E-state index contributed by atoms with van der Waals surface area (Å²) in [4.78, 5) is 14.5. The Bertz CT molecular complexity index is 1450. The van der Waals surface area contributed by atoms with Crippen LogP contribution in [0.1, 0.15) is 147 Å². The van der Waals surface area contributed by atoms with E-state index < -0.39 is 38.3 Å². The van der Waals surface area contributed by atoms with Crippen molar-refractivity contribution in [3.63, 3.8) is 0 Å². The maximum absolute atomic E-state index is 13.0. The SMILES string of the molecule is CCCCCCCCCOCCCCCCCCCC[C@H](COP(=O)(O)OC[C@H]1O[C@@](C#N)(c2ccc3c(N)ncnn23)C(O)[C@H]1O)OCC1CCCCC1. The summed E-state index contributed by atoms with van der Waals surface area (Å²) < 4.78 is 42.9. The summed E-state index contributed by atoms with van der Waals surface area (Å²) in [5, 5.41) is 36.1. The Morgan fingerprint density at radius 1 is 0.945 bits per heavy atom. The van der Waals surface area contributed by atoms with E-state index in [0.29, 0.717) is 24.5 Å². The largest absolute Gasteiger partial charge is 0.472 e. The fourth-order valence-corrected chi connectivity index (χ4v) is 8.44. The van der Waals surface area contributed by atoms with Crippen LogP contribution in [0.5, 0.6) is 0 Å². The summed E-state index contributed by atoms with van der Waals surface area (Å²) in [7, 11) is -4.62. The van der Waals surface area contributed by atoms with E-state index in [0.717, 1.165) is 51.7 Å². The molecule has 14 nitrogen and oxygen atoms in total. The Labute approximate surface area is 328 Å². The molecule has 2 aliphatic rings. The number of nitrogen functional groups attached to an aromatic ring is 1. The van der Waals surface area contributed by atoms with Crippen LogP contribution in [0.4, 0.5) is 5.82 Å². The monoisotopic (exact) mass is 793 g/mol. The molecule has 0 radical (unpaired) electrons. The highest BCUT2D eigenvalue weighted by Gasteiger charge is 2.58. The minimum absolute atomic E-state index is 0.115. The molecule has 2 unspecified atom stereocenters. The zero-order valence-electron chi connectivity index (χ0n) is 33.1. The number of nitrogens with zero attached hydrogens (tertiary/aromatic N) is 4. The van der Waals surface area contributed by atoms with Crippen LogP contribution >= 0.6 is 7.82 Å². The Morgan fingerprint density at radius 2 is 1.58 bits per heavy atom. The van der Waals surface area contributed by atoms with Crippen LogP contribution in [-0.2, 0) is 33.4 Å². The number of nitrogens with two attached hydrogens (primary N) is 1. The van der Waals surface area contributed by atoms with Crippen LogP contribution in [0, 0.1) is 17.2 Å². The summed E-state index contributed by atoms with van der Waals surface area (Å²) in [5.41, 5.74) is 4.36. The fraction of sp³-hybridized carbons (Fsp3) is 0.825. The number of aromatic nitrogens is 3. The molecule has 6 atom stereocenters. The molecule has 5 N–H and O–H groups in total. The molecule has 1 aliphatic carbocycles. The lowest BCUT2D eigenvalue weighted by molar-refractivity contribution is -0.0660. The molecule has 2 fully saturated rings. The fourth-order valence-electron chi connectivity index (χ4n) is 7.67. The first-order valence-corrected chi connectivity index (χ1v) is 22.6. The van der Waals surface area contributed by atoms with Gasteiger partial charge in [-0.05, 0) is 50.2 Å². The second-order valence-electron chi connectivity index (χ2n) is 15.5. The molecule has 0 amide bonds. The standard InChI is InChI=1S/C40H68N5O9P/c1-2-3-4-5-9-12-18-25-50-26-19-13-10-7-6-8-11-17-22-33(51-27-32-20-15-14-16-21-32)28-52-55(48,49)53-29-35-37(46)38(47)40(30-41,54-35)36-24-23-34-39(42)43-31-44-45(34)36/h23-24,31-33,35,37-38,46-47H,2-22,25-29H2,1H3,(H,48,49)(H2,42,43,44)/t33-,35-,37+,38?,40+/m1/s1. The van der Waals surface area contributed by atoms with Gasteiger partial charge in [0.05, 0.1) is 25.0 Å². The van der Waals surface area contributed by atoms with Crippen LogP contribution in [0.2, 0.25) is 0 Å². The molecule has 1 saturated heterocycles. The van der Waals surface area contributed by atoms with E-state index in [1.54, 1.807) is 6.07 Å². The van der Waals surface area contributed by atoms with Gasteiger partial charge in [0.15, 0.2) is 5.82 Å². The van der Waals surface area contributed by atoms with Crippen molar-refractivity contribution >= 4 is 19.2 Å². The number of aliphatic hydroxyl groups is 2. The lowest BCUT2D eigenvalue weighted by Gasteiger charge is -2.26. The van der Waals surface area contributed by atoms with Gasteiger partial charge in [-0.25, -0.2) is 14.1 Å². The molecule has 0 aromatic carbocycles. The third kappa shape index (κ3) is 14.6. The first-order valence-electron chi connectivity index (χ1n) is 21.1. The molecule has 3 heterocycles. The highest BCUT2D eigenvalue weighted by Crippen LogP contribution is 2.46. The molecule has 55 heavy (non-hydrogen) atoms. The third-order valence-corrected chi connectivity index (χ3v) is 12.0. The van der Waals surface area contributed by atoms with Crippen molar-refractivity contribution in [2.24, 2.45) is 5.92 Å². The predicted octanol–water partition coefficient (Wildman–Crippen LogP) is 7.53. The van der Waals surface area contributed by atoms with Crippen LogP contribution in [0.3, 0.4) is 0 Å². The van der Waals surface area contributed by atoms with E-state index in [2.05, 4.69) is 17.0 Å². The highest BCUT2D eigenvalue weighted by molar-refractivity contribution is 7.47. The van der Waals surface area contributed by atoms with Crippen molar-refractivity contribution in [3.05, 3.63) is 24.2 Å². The first kappa shape index (κ1) is 45.5. The zero-order chi connectivity index (χ0) is 39.4. The Kier molecular flexibility index (Phi) is 20.3. The van der Waals surface area contributed by atoms with Crippen LogP contribution in [0.15, 0.2) is 18.5 Å². The highest BCUT2D eigenvalue weighted by atomic mass is 31.2. The van der Waals surface area contributed by atoms with Crippen molar-refractivity contribution in [2.75, 3.05) is 38.8 Å². The summed E-state index contributed by atoms with van der Waals surface area (Å²) >= 11 is 0. The number of nitriles is 1. The van der Waals surface area contributed by atoms with Gasteiger partial charge >= 0.3 is 7.82 Å². The normalized spacial score (nSPS) is 23.6. The summed E-state index contributed by atoms with van der Waals surface area (Å²) in [6, 6.07) is 5.00. The van der Waals surface area contributed by atoms with E-state index in [4.69, 9.17) is 29.0 Å². The van der Waals surface area contributed by atoms with Crippen LogP contribution in [0.25, 0.3) is 5.52 Å². The second-order valence-corrected chi connectivity index (χ2v) is 16.9. The Morgan fingerprint density at radius 3 is 2.24 bits per heavy atom. The lowest BCUT2D eigenvalue weighted by Crippen LogP contribution is -2.41. The van der Waals surface area contributed by atoms with Gasteiger partial charge in [-0.1, -0.05) is 110 Å². The summed E-state index contributed by atoms with van der Waals surface area (Å²) in [6.45, 7) is 3.86. The second kappa shape index (κ2) is 24.6. The molecule has 0 bridgehead atoms. The van der Waals surface area contributed by atoms with Crippen molar-refractivity contribution in [1.29, 1.82) is 5.26 Å². The van der Waals surface area contributed by atoms with Gasteiger partial charge in [0.25, 0.3) is 0 Å². The number of phosphoric ester groups is 1. The molecular formula is C40H68N5O9P. The summed E-state index contributed by atoms with van der Waals surface area (Å²) in [6.07, 6.45) is 21.0. The maximum atomic E-state index is 13.0. The number of aliphatic hydroxyl groups excluding tert-OH is 2. The quantitative estimate of drug-likeness (QED) is 0.0465. The van der Waals surface area contributed by atoms with Gasteiger partial charge in [-0.2, -0.15) is 10.4 Å². The van der Waals surface area contributed by atoms with Crippen LogP contribution < -0.4 is 5.73 Å². The van der Waals surface area contributed by atoms with Gasteiger partial charge in [0.1, 0.15) is 36.2 Å².